The lowest BCUT2D eigenvalue weighted by Gasteiger charge is -2.15. The van der Waals surface area contributed by atoms with E-state index in [-0.39, 0.29) is 5.88 Å². The number of benzene rings is 1. The number of aliphatic hydroxyl groups is 1. The number of para-hydroxylation sites is 1. The third-order valence-corrected chi connectivity index (χ3v) is 2.65. The van der Waals surface area contributed by atoms with Crippen LogP contribution < -0.4 is 5.32 Å². The number of nitrogens with one attached hydrogen (secondary N) is 1. The van der Waals surface area contributed by atoms with Gasteiger partial charge in [-0.1, -0.05) is 32.0 Å². The van der Waals surface area contributed by atoms with E-state index in [0.29, 0.717) is 12.5 Å². The van der Waals surface area contributed by atoms with Crippen LogP contribution in [0.2, 0.25) is 0 Å². The highest BCUT2D eigenvalue weighted by molar-refractivity contribution is 6.18. The first-order valence-corrected chi connectivity index (χ1v) is 5.75. The molecule has 0 aliphatic carbocycles. The van der Waals surface area contributed by atoms with Gasteiger partial charge >= 0.3 is 0 Å². The molecule has 0 heterocycles. The lowest BCUT2D eigenvalue weighted by Crippen LogP contribution is -2.21. The van der Waals surface area contributed by atoms with Crippen molar-refractivity contribution in [2.45, 2.75) is 25.9 Å². The van der Waals surface area contributed by atoms with Crippen molar-refractivity contribution >= 4 is 17.3 Å². The maximum absolute atomic E-state index is 9.35. The molecule has 0 fully saturated rings. The molecule has 0 aromatic heterocycles. The maximum atomic E-state index is 9.35. The Labute approximate surface area is 96.3 Å². The second-order valence-corrected chi connectivity index (χ2v) is 4.24. The van der Waals surface area contributed by atoms with Crippen LogP contribution in [-0.2, 0) is 0 Å². The van der Waals surface area contributed by atoms with Crippen LogP contribution >= 0.6 is 11.6 Å². The van der Waals surface area contributed by atoms with Gasteiger partial charge in [-0.3, -0.25) is 0 Å². The van der Waals surface area contributed by atoms with Gasteiger partial charge in [0.15, 0.2) is 0 Å². The van der Waals surface area contributed by atoms with E-state index in [9.17, 15) is 5.11 Å². The zero-order chi connectivity index (χ0) is 11.3. The van der Waals surface area contributed by atoms with E-state index in [4.69, 9.17) is 11.6 Å². The van der Waals surface area contributed by atoms with E-state index >= 15 is 0 Å². The van der Waals surface area contributed by atoms with Crippen LogP contribution in [0.3, 0.4) is 0 Å². The van der Waals surface area contributed by atoms with E-state index in [2.05, 4.69) is 25.2 Å². The molecule has 0 aliphatic rings. The molecule has 1 unspecified atom stereocenters. The fourth-order valence-electron chi connectivity index (χ4n) is 1.44. The largest absolute Gasteiger partial charge is 0.390 e. The molecular weight excluding hydrogens is 210 g/mol. The van der Waals surface area contributed by atoms with Crippen molar-refractivity contribution < 1.29 is 5.11 Å². The summed E-state index contributed by atoms with van der Waals surface area (Å²) in [6.45, 7) is 4.80. The summed E-state index contributed by atoms with van der Waals surface area (Å²) in [6.07, 6.45) is -0.494. The van der Waals surface area contributed by atoms with Gasteiger partial charge < -0.3 is 10.4 Å². The number of hydrogen-bond donors (Lipinski definition) is 2. The van der Waals surface area contributed by atoms with Gasteiger partial charge in [0.1, 0.15) is 0 Å². The molecule has 84 valence electrons. The first-order valence-electron chi connectivity index (χ1n) is 5.22. The lowest BCUT2D eigenvalue weighted by atomic mass is 10.0. The third-order valence-electron chi connectivity index (χ3n) is 2.29. The van der Waals surface area contributed by atoms with Crippen molar-refractivity contribution in [3.63, 3.8) is 0 Å². The van der Waals surface area contributed by atoms with Gasteiger partial charge in [0.05, 0.1) is 12.0 Å². The minimum Gasteiger partial charge on any atom is -0.390 e. The zero-order valence-electron chi connectivity index (χ0n) is 9.20. The van der Waals surface area contributed by atoms with E-state index < -0.39 is 6.10 Å². The number of aliphatic hydroxyl groups excluding tert-OH is 1. The Morgan fingerprint density at radius 2 is 2.00 bits per heavy atom. The summed E-state index contributed by atoms with van der Waals surface area (Å²) < 4.78 is 0. The van der Waals surface area contributed by atoms with E-state index in [1.807, 2.05) is 18.2 Å². The molecule has 0 spiro atoms. The van der Waals surface area contributed by atoms with Gasteiger partial charge in [-0.05, 0) is 17.5 Å². The SMILES string of the molecule is CC(C)c1ccccc1NCC(O)CCl. The molecular formula is C12H18ClNO. The van der Waals surface area contributed by atoms with Crippen LogP contribution in [0.1, 0.15) is 25.3 Å². The predicted octanol–water partition coefficient (Wildman–Crippen LogP) is 2.82. The lowest BCUT2D eigenvalue weighted by molar-refractivity contribution is 0.211. The second kappa shape index (κ2) is 5.99. The summed E-state index contributed by atoms with van der Waals surface area (Å²) in [7, 11) is 0. The van der Waals surface area contributed by atoms with Gasteiger partial charge in [-0.15, -0.1) is 11.6 Å². The van der Waals surface area contributed by atoms with Crippen molar-refractivity contribution in [1.82, 2.24) is 0 Å². The number of halogens is 1. The smallest absolute Gasteiger partial charge is 0.0847 e. The molecule has 15 heavy (non-hydrogen) atoms. The molecule has 1 atom stereocenters. The van der Waals surface area contributed by atoms with Crippen LogP contribution in [0, 0.1) is 0 Å². The van der Waals surface area contributed by atoms with E-state index in [1.165, 1.54) is 5.56 Å². The molecule has 0 amide bonds. The van der Waals surface area contributed by atoms with Gasteiger partial charge in [0, 0.05) is 12.2 Å². The summed E-state index contributed by atoms with van der Waals surface area (Å²) >= 11 is 5.53. The molecule has 2 nitrogen and oxygen atoms in total. The van der Waals surface area contributed by atoms with Crippen molar-refractivity contribution in [1.29, 1.82) is 0 Å². The number of anilines is 1. The van der Waals surface area contributed by atoms with Crippen LogP contribution in [-0.4, -0.2) is 23.6 Å². The van der Waals surface area contributed by atoms with E-state index in [1.54, 1.807) is 0 Å². The van der Waals surface area contributed by atoms with Crippen LogP contribution in [0.5, 0.6) is 0 Å². The van der Waals surface area contributed by atoms with Crippen LogP contribution in [0.4, 0.5) is 5.69 Å². The van der Waals surface area contributed by atoms with Crippen LogP contribution in [0.15, 0.2) is 24.3 Å². The number of rotatable bonds is 5. The molecule has 2 N–H and O–H groups in total. The fraction of sp³-hybridized carbons (Fsp3) is 0.500. The summed E-state index contributed by atoms with van der Waals surface area (Å²) in [5, 5.41) is 12.6. The normalized spacial score (nSPS) is 12.9. The van der Waals surface area contributed by atoms with Gasteiger partial charge in [-0.2, -0.15) is 0 Å². The highest BCUT2D eigenvalue weighted by atomic mass is 35.5. The zero-order valence-corrected chi connectivity index (χ0v) is 9.96. The fourth-order valence-corrected chi connectivity index (χ4v) is 1.55. The molecule has 0 saturated carbocycles. The van der Waals surface area contributed by atoms with Crippen molar-refractivity contribution in [2.75, 3.05) is 17.7 Å². The molecule has 3 heteroatoms. The summed E-state index contributed by atoms with van der Waals surface area (Å²) in [4.78, 5) is 0. The second-order valence-electron chi connectivity index (χ2n) is 3.93. The number of alkyl halides is 1. The standard InChI is InChI=1S/C12H18ClNO/c1-9(2)11-5-3-4-6-12(11)14-8-10(15)7-13/h3-6,9-10,14-15H,7-8H2,1-2H3. The average Bonchev–Trinajstić information content (AvgIpc) is 2.26. The summed E-state index contributed by atoms with van der Waals surface area (Å²) in [6, 6.07) is 8.14. The number of hydrogen-bond acceptors (Lipinski definition) is 2. The Kier molecular flexibility index (Phi) is 4.92. The Morgan fingerprint density at radius 1 is 1.33 bits per heavy atom. The minimum atomic E-state index is -0.494. The average molecular weight is 228 g/mol. The van der Waals surface area contributed by atoms with Crippen molar-refractivity contribution in [2.24, 2.45) is 0 Å². The van der Waals surface area contributed by atoms with Gasteiger partial charge in [0.25, 0.3) is 0 Å². The van der Waals surface area contributed by atoms with Crippen LogP contribution in [0.25, 0.3) is 0 Å². The Balaban J connectivity index is 2.67. The van der Waals surface area contributed by atoms with Gasteiger partial charge in [-0.25, -0.2) is 0 Å². The molecule has 0 saturated heterocycles. The molecule has 0 radical (unpaired) electrons. The maximum Gasteiger partial charge on any atom is 0.0847 e. The predicted molar refractivity (Wildman–Crippen MR) is 65.7 cm³/mol. The first-order chi connectivity index (χ1) is 7.15. The quantitative estimate of drug-likeness (QED) is 0.759. The van der Waals surface area contributed by atoms with E-state index in [0.717, 1.165) is 5.69 Å². The van der Waals surface area contributed by atoms with Crippen molar-refractivity contribution in [3.8, 4) is 0 Å². The molecule has 1 aromatic carbocycles. The summed E-state index contributed by atoms with van der Waals surface area (Å²) in [5.74, 6) is 0.735. The molecule has 1 rings (SSSR count). The highest BCUT2D eigenvalue weighted by Crippen LogP contribution is 2.23. The Bertz CT molecular complexity index is 301. The Hall–Kier alpha value is -0.730. The Morgan fingerprint density at radius 3 is 2.60 bits per heavy atom. The monoisotopic (exact) mass is 227 g/mol. The molecule has 1 aromatic rings. The highest BCUT2D eigenvalue weighted by Gasteiger charge is 2.07. The first kappa shape index (κ1) is 12.3. The van der Waals surface area contributed by atoms with Crippen molar-refractivity contribution in [3.05, 3.63) is 29.8 Å². The van der Waals surface area contributed by atoms with Gasteiger partial charge in [0.2, 0.25) is 0 Å². The molecule has 0 aliphatic heterocycles. The minimum absolute atomic E-state index is 0.261. The third kappa shape index (κ3) is 3.73. The molecule has 0 bridgehead atoms. The topological polar surface area (TPSA) is 32.3 Å². The summed E-state index contributed by atoms with van der Waals surface area (Å²) in [5.41, 5.74) is 2.34.